The number of nitrogens with zero attached hydrogens (tertiary/aromatic N) is 1. The van der Waals surface area contributed by atoms with E-state index in [4.69, 9.17) is 13.6 Å². The van der Waals surface area contributed by atoms with Gasteiger partial charge in [-0.1, -0.05) is 6.07 Å². The summed E-state index contributed by atoms with van der Waals surface area (Å²) in [6.07, 6.45) is -0.506. The largest absolute Gasteiger partial charge is 0.530 e. The Balaban J connectivity index is 2.94. The van der Waals surface area contributed by atoms with Crippen molar-refractivity contribution in [3.05, 3.63) is 24.3 Å². The zero-order valence-electron chi connectivity index (χ0n) is 13.0. The van der Waals surface area contributed by atoms with Crippen LogP contribution in [0.15, 0.2) is 24.3 Å². The molecule has 0 radical (unpaired) electrons. The summed E-state index contributed by atoms with van der Waals surface area (Å²) in [6, 6.07) is 7.29. The average Bonchev–Trinajstić information content (AvgIpc) is 2.25. The first-order valence-electron chi connectivity index (χ1n) is 6.65. The standard InChI is InChI=1S/C14H24NO4P/c1-11(2)17-20(16,18-12(3)4)19-14-9-7-8-13(10-14)15(5)6/h7-12H,1-6H3. The van der Waals surface area contributed by atoms with Gasteiger partial charge in [-0.2, -0.15) is 0 Å². The fraction of sp³-hybridized carbons (Fsp3) is 0.571. The molecule has 0 amide bonds. The van der Waals surface area contributed by atoms with Gasteiger partial charge in [0.15, 0.2) is 0 Å². The number of rotatable bonds is 7. The second-order valence-electron chi connectivity index (χ2n) is 5.24. The van der Waals surface area contributed by atoms with Crippen LogP contribution in [0.1, 0.15) is 27.7 Å². The van der Waals surface area contributed by atoms with Gasteiger partial charge in [-0.15, -0.1) is 0 Å². The molecule has 1 aromatic rings. The number of benzene rings is 1. The lowest BCUT2D eigenvalue weighted by atomic mass is 10.3. The van der Waals surface area contributed by atoms with Gasteiger partial charge >= 0.3 is 7.82 Å². The fourth-order valence-electron chi connectivity index (χ4n) is 1.53. The highest BCUT2D eigenvalue weighted by atomic mass is 31.2. The van der Waals surface area contributed by atoms with Gasteiger partial charge in [0.2, 0.25) is 0 Å². The first-order valence-corrected chi connectivity index (χ1v) is 8.12. The van der Waals surface area contributed by atoms with E-state index in [-0.39, 0.29) is 12.2 Å². The summed E-state index contributed by atoms with van der Waals surface area (Å²) < 4.78 is 28.8. The fourth-order valence-corrected chi connectivity index (χ4v) is 3.07. The van der Waals surface area contributed by atoms with Gasteiger partial charge in [-0.3, -0.25) is 9.05 Å². The SMILES string of the molecule is CC(C)OP(=O)(Oc1cccc(N(C)C)c1)OC(C)C. The van der Waals surface area contributed by atoms with E-state index < -0.39 is 7.82 Å². The minimum atomic E-state index is -3.62. The van der Waals surface area contributed by atoms with Crippen LogP contribution in [0.4, 0.5) is 5.69 Å². The molecule has 0 saturated heterocycles. The molecule has 0 aromatic heterocycles. The molecule has 0 fully saturated rings. The Hall–Kier alpha value is -1.03. The maximum atomic E-state index is 12.6. The third-order valence-electron chi connectivity index (χ3n) is 2.23. The monoisotopic (exact) mass is 301 g/mol. The molecule has 5 nitrogen and oxygen atoms in total. The highest BCUT2D eigenvalue weighted by Gasteiger charge is 2.31. The van der Waals surface area contributed by atoms with Crippen LogP contribution < -0.4 is 9.42 Å². The van der Waals surface area contributed by atoms with Crippen LogP contribution >= 0.6 is 7.82 Å². The van der Waals surface area contributed by atoms with Crippen LogP contribution in [0.5, 0.6) is 5.75 Å². The molecule has 0 aliphatic carbocycles. The van der Waals surface area contributed by atoms with Crippen molar-refractivity contribution in [1.29, 1.82) is 0 Å². The summed E-state index contributed by atoms with van der Waals surface area (Å²) in [6.45, 7) is 7.15. The van der Waals surface area contributed by atoms with E-state index in [1.807, 2.05) is 31.1 Å². The zero-order valence-corrected chi connectivity index (χ0v) is 13.9. The van der Waals surface area contributed by atoms with E-state index in [9.17, 15) is 4.57 Å². The molecule has 0 heterocycles. The van der Waals surface area contributed by atoms with Crippen molar-refractivity contribution in [2.24, 2.45) is 0 Å². The smallest absolute Gasteiger partial charge is 0.404 e. The van der Waals surface area contributed by atoms with Crippen LogP contribution in [0, 0.1) is 0 Å². The van der Waals surface area contributed by atoms with Crippen LogP contribution in [0.3, 0.4) is 0 Å². The van der Waals surface area contributed by atoms with Gasteiger partial charge in [0.25, 0.3) is 0 Å². The molecule has 0 N–H and O–H groups in total. The number of anilines is 1. The predicted molar refractivity (Wildman–Crippen MR) is 81.4 cm³/mol. The minimum Gasteiger partial charge on any atom is -0.404 e. The molecule has 0 saturated carbocycles. The molecule has 0 bridgehead atoms. The van der Waals surface area contributed by atoms with Crippen LogP contribution in [-0.2, 0) is 13.6 Å². The lowest BCUT2D eigenvalue weighted by Gasteiger charge is -2.22. The second kappa shape index (κ2) is 7.11. The molecule has 0 aliphatic heterocycles. The number of hydrogen-bond donors (Lipinski definition) is 0. The molecule has 114 valence electrons. The van der Waals surface area contributed by atoms with E-state index >= 15 is 0 Å². The molecular formula is C14H24NO4P. The number of hydrogen-bond acceptors (Lipinski definition) is 5. The topological polar surface area (TPSA) is 48.0 Å². The first-order chi connectivity index (χ1) is 9.22. The first kappa shape index (κ1) is 17.0. The predicted octanol–water partition coefficient (Wildman–Crippen LogP) is 4.09. The van der Waals surface area contributed by atoms with Crippen LogP contribution in [0.2, 0.25) is 0 Å². The maximum absolute atomic E-state index is 12.6. The summed E-state index contributed by atoms with van der Waals surface area (Å²) >= 11 is 0. The molecule has 0 unspecified atom stereocenters. The van der Waals surface area contributed by atoms with Crippen molar-refractivity contribution < 1.29 is 18.1 Å². The van der Waals surface area contributed by atoms with Gasteiger partial charge in [-0.25, -0.2) is 4.57 Å². The molecule has 20 heavy (non-hydrogen) atoms. The Morgan fingerprint density at radius 3 is 2.05 bits per heavy atom. The quantitative estimate of drug-likeness (QED) is 0.710. The van der Waals surface area contributed by atoms with Crippen molar-refractivity contribution in [2.45, 2.75) is 39.9 Å². The maximum Gasteiger partial charge on any atom is 0.530 e. The molecule has 1 rings (SSSR count). The van der Waals surface area contributed by atoms with Gasteiger partial charge in [0, 0.05) is 25.8 Å². The van der Waals surface area contributed by atoms with Crippen molar-refractivity contribution in [3.8, 4) is 5.75 Å². The Kier molecular flexibility index (Phi) is 6.06. The second-order valence-corrected chi connectivity index (χ2v) is 6.74. The molecule has 6 heteroatoms. The molecule has 0 spiro atoms. The van der Waals surface area contributed by atoms with Crippen molar-refractivity contribution in [3.63, 3.8) is 0 Å². The van der Waals surface area contributed by atoms with E-state index in [2.05, 4.69) is 0 Å². The Labute approximate surface area is 121 Å². The van der Waals surface area contributed by atoms with Crippen molar-refractivity contribution in [2.75, 3.05) is 19.0 Å². The highest BCUT2D eigenvalue weighted by Crippen LogP contribution is 2.51. The van der Waals surface area contributed by atoms with Gasteiger partial charge in [-0.05, 0) is 39.8 Å². The zero-order chi connectivity index (χ0) is 15.3. The highest BCUT2D eigenvalue weighted by molar-refractivity contribution is 7.49. The van der Waals surface area contributed by atoms with E-state index in [1.165, 1.54) is 0 Å². The summed E-state index contributed by atoms with van der Waals surface area (Å²) in [5.74, 6) is 0.459. The summed E-state index contributed by atoms with van der Waals surface area (Å²) in [5.41, 5.74) is 0.947. The third-order valence-corrected chi connectivity index (χ3v) is 4.03. The lowest BCUT2D eigenvalue weighted by Crippen LogP contribution is -2.12. The number of phosphoric ester groups is 1. The van der Waals surface area contributed by atoms with E-state index in [1.54, 1.807) is 39.8 Å². The lowest BCUT2D eigenvalue weighted by molar-refractivity contribution is 0.103. The third kappa shape index (κ3) is 5.53. The molecular weight excluding hydrogens is 277 g/mol. The minimum absolute atomic E-state index is 0.253. The van der Waals surface area contributed by atoms with Gasteiger partial charge < -0.3 is 9.42 Å². The van der Waals surface area contributed by atoms with Crippen molar-refractivity contribution >= 4 is 13.5 Å². The van der Waals surface area contributed by atoms with Gasteiger partial charge in [0.05, 0.1) is 12.2 Å². The molecule has 0 atom stereocenters. The number of phosphoric acid groups is 1. The average molecular weight is 301 g/mol. The summed E-state index contributed by atoms with van der Waals surface area (Å²) in [4.78, 5) is 1.93. The van der Waals surface area contributed by atoms with Crippen molar-refractivity contribution in [1.82, 2.24) is 0 Å². The van der Waals surface area contributed by atoms with E-state index in [0.717, 1.165) is 5.69 Å². The molecule has 1 aromatic carbocycles. The Bertz CT molecular complexity index is 460. The summed E-state index contributed by atoms with van der Waals surface area (Å²) in [7, 11) is 0.227. The Morgan fingerprint density at radius 1 is 1.05 bits per heavy atom. The van der Waals surface area contributed by atoms with Crippen LogP contribution in [0.25, 0.3) is 0 Å². The summed E-state index contributed by atoms with van der Waals surface area (Å²) in [5, 5.41) is 0. The molecule has 0 aliphatic rings. The van der Waals surface area contributed by atoms with Gasteiger partial charge in [0.1, 0.15) is 5.75 Å². The normalized spacial score (nSPS) is 12.0. The Morgan fingerprint density at radius 2 is 1.60 bits per heavy atom. The van der Waals surface area contributed by atoms with Crippen LogP contribution in [-0.4, -0.2) is 26.3 Å². The van der Waals surface area contributed by atoms with E-state index in [0.29, 0.717) is 5.75 Å².